The fourth-order valence-corrected chi connectivity index (χ4v) is 2.44. The number of halogens is 3. The number of benzene rings is 1. The monoisotopic (exact) mass is 356 g/mol. The van der Waals surface area contributed by atoms with Gasteiger partial charge in [-0.05, 0) is 34.1 Å². The van der Waals surface area contributed by atoms with E-state index in [-0.39, 0.29) is 0 Å². The van der Waals surface area contributed by atoms with Gasteiger partial charge in [-0.3, -0.25) is 0 Å². The summed E-state index contributed by atoms with van der Waals surface area (Å²) < 4.78 is 2.55. The number of hydrogen-bond donors (Lipinski definition) is 1. The Kier molecular flexibility index (Phi) is 3.35. The van der Waals surface area contributed by atoms with Crippen molar-refractivity contribution in [1.29, 1.82) is 0 Å². The molecule has 0 saturated carbocycles. The Bertz CT molecular complexity index is 757. The standard InChI is InChI=1S/C12H7BrCl2N4/c13-10-6-19-4-3-16-12(19)11(18-10)17-9-5-7(14)1-2-8(9)15/h1-6H,(H,17,18). The van der Waals surface area contributed by atoms with E-state index in [1.165, 1.54) is 0 Å². The van der Waals surface area contributed by atoms with E-state index < -0.39 is 0 Å². The number of aromatic nitrogens is 3. The molecular weight excluding hydrogens is 351 g/mol. The predicted octanol–water partition coefficient (Wildman–Crippen LogP) is 4.54. The zero-order valence-corrected chi connectivity index (χ0v) is 12.5. The molecule has 3 rings (SSSR count). The molecular formula is C12H7BrCl2N4. The molecule has 3 aromatic rings. The van der Waals surface area contributed by atoms with Gasteiger partial charge in [0.15, 0.2) is 11.5 Å². The normalized spacial score (nSPS) is 10.9. The summed E-state index contributed by atoms with van der Waals surface area (Å²) in [6, 6.07) is 5.20. The number of fused-ring (bicyclic) bond motifs is 1. The summed E-state index contributed by atoms with van der Waals surface area (Å²) in [4.78, 5) is 8.61. The van der Waals surface area contributed by atoms with E-state index >= 15 is 0 Å². The second kappa shape index (κ2) is 5.00. The lowest BCUT2D eigenvalue weighted by molar-refractivity contribution is 1.10. The van der Waals surface area contributed by atoms with E-state index in [2.05, 4.69) is 31.2 Å². The SMILES string of the molecule is Clc1ccc(Cl)c(Nc2nc(Br)cn3ccnc23)c1. The molecule has 1 N–H and O–H groups in total. The number of imidazole rings is 1. The summed E-state index contributed by atoms with van der Waals surface area (Å²) in [6.45, 7) is 0. The lowest BCUT2D eigenvalue weighted by atomic mass is 10.3. The first-order valence-electron chi connectivity index (χ1n) is 5.35. The van der Waals surface area contributed by atoms with Crippen LogP contribution >= 0.6 is 39.1 Å². The minimum atomic E-state index is 0.566. The first kappa shape index (κ1) is 12.7. The van der Waals surface area contributed by atoms with Gasteiger partial charge in [0.05, 0.1) is 10.7 Å². The highest BCUT2D eigenvalue weighted by atomic mass is 79.9. The van der Waals surface area contributed by atoms with Crippen molar-refractivity contribution >= 4 is 56.3 Å². The maximum atomic E-state index is 6.12. The van der Waals surface area contributed by atoms with Gasteiger partial charge in [-0.1, -0.05) is 23.2 Å². The van der Waals surface area contributed by atoms with Crippen molar-refractivity contribution in [2.75, 3.05) is 5.32 Å². The Labute approximate surface area is 127 Å². The lowest BCUT2D eigenvalue weighted by Crippen LogP contribution is -1.99. The minimum absolute atomic E-state index is 0.566. The van der Waals surface area contributed by atoms with Crippen LogP contribution in [0.2, 0.25) is 10.0 Å². The van der Waals surface area contributed by atoms with E-state index in [9.17, 15) is 0 Å². The van der Waals surface area contributed by atoms with Crippen LogP contribution in [0.3, 0.4) is 0 Å². The molecule has 2 heterocycles. The van der Waals surface area contributed by atoms with Crippen LogP contribution in [0, 0.1) is 0 Å². The maximum Gasteiger partial charge on any atom is 0.180 e. The Morgan fingerprint density at radius 3 is 2.95 bits per heavy atom. The minimum Gasteiger partial charge on any atom is -0.336 e. The molecule has 2 aromatic heterocycles. The Balaban J connectivity index is 2.10. The van der Waals surface area contributed by atoms with Gasteiger partial charge < -0.3 is 9.72 Å². The van der Waals surface area contributed by atoms with Crippen LogP contribution in [0.15, 0.2) is 41.4 Å². The van der Waals surface area contributed by atoms with E-state index in [1.54, 1.807) is 24.4 Å². The highest BCUT2D eigenvalue weighted by molar-refractivity contribution is 9.10. The molecule has 0 spiro atoms. The molecule has 0 bridgehead atoms. The molecule has 0 aliphatic heterocycles. The van der Waals surface area contributed by atoms with Crippen molar-refractivity contribution < 1.29 is 0 Å². The number of anilines is 2. The smallest absolute Gasteiger partial charge is 0.180 e. The summed E-state index contributed by atoms with van der Waals surface area (Å²) >= 11 is 15.4. The van der Waals surface area contributed by atoms with Crippen molar-refractivity contribution in [2.24, 2.45) is 0 Å². The van der Waals surface area contributed by atoms with Crippen LogP contribution in [0.5, 0.6) is 0 Å². The van der Waals surface area contributed by atoms with Crippen LogP contribution in [0.4, 0.5) is 11.5 Å². The third-order valence-electron chi connectivity index (χ3n) is 2.53. The van der Waals surface area contributed by atoms with Gasteiger partial charge >= 0.3 is 0 Å². The highest BCUT2D eigenvalue weighted by Crippen LogP contribution is 2.29. The predicted molar refractivity (Wildman–Crippen MR) is 80.4 cm³/mol. The third kappa shape index (κ3) is 2.54. The Morgan fingerprint density at radius 1 is 1.26 bits per heavy atom. The molecule has 96 valence electrons. The van der Waals surface area contributed by atoms with Crippen molar-refractivity contribution in [1.82, 2.24) is 14.4 Å². The summed E-state index contributed by atoms with van der Waals surface area (Å²) in [6.07, 6.45) is 5.37. The van der Waals surface area contributed by atoms with Crippen LogP contribution in [-0.4, -0.2) is 14.4 Å². The van der Waals surface area contributed by atoms with Gasteiger partial charge in [0, 0.05) is 23.6 Å². The first-order valence-corrected chi connectivity index (χ1v) is 6.89. The van der Waals surface area contributed by atoms with Gasteiger partial charge in [0.25, 0.3) is 0 Å². The molecule has 0 amide bonds. The fourth-order valence-electron chi connectivity index (χ4n) is 1.71. The summed E-state index contributed by atoms with van der Waals surface area (Å²) in [5.41, 5.74) is 1.39. The largest absolute Gasteiger partial charge is 0.336 e. The third-order valence-corrected chi connectivity index (χ3v) is 3.47. The zero-order chi connectivity index (χ0) is 13.4. The molecule has 0 fully saturated rings. The van der Waals surface area contributed by atoms with Crippen molar-refractivity contribution in [3.05, 3.63) is 51.4 Å². The molecule has 0 atom stereocenters. The van der Waals surface area contributed by atoms with E-state index in [0.717, 1.165) is 0 Å². The first-order chi connectivity index (χ1) is 9.13. The molecule has 0 saturated heterocycles. The van der Waals surface area contributed by atoms with Crippen molar-refractivity contribution in [3.8, 4) is 0 Å². The van der Waals surface area contributed by atoms with E-state index in [4.69, 9.17) is 23.2 Å². The number of rotatable bonds is 2. The van der Waals surface area contributed by atoms with Crippen LogP contribution in [-0.2, 0) is 0 Å². The molecule has 19 heavy (non-hydrogen) atoms. The van der Waals surface area contributed by atoms with Crippen LogP contribution in [0.1, 0.15) is 0 Å². The van der Waals surface area contributed by atoms with Crippen LogP contribution in [0.25, 0.3) is 5.65 Å². The molecule has 0 aliphatic rings. The van der Waals surface area contributed by atoms with Gasteiger partial charge in [0.2, 0.25) is 0 Å². The summed E-state index contributed by atoms with van der Waals surface area (Å²) in [5, 5.41) is 4.31. The molecule has 4 nitrogen and oxygen atoms in total. The molecule has 1 aromatic carbocycles. The zero-order valence-electron chi connectivity index (χ0n) is 9.44. The van der Waals surface area contributed by atoms with Crippen molar-refractivity contribution in [3.63, 3.8) is 0 Å². The van der Waals surface area contributed by atoms with Gasteiger partial charge in [-0.25, -0.2) is 9.97 Å². The number of hydrogen-bond acceptors (Lipinski definition) is 3. The molecule has 0 aliphatic carbocycles. The van der Waals surface area contributed by atoms with Gasteiger partial charge in [-0.15, -0.1) is 0 Å². The lowest BCUT2D eigenvalue weighted by Gasteiger charge is -2.09. The molecule has 0 unspecified atom stereocenters. The highest BCUT2D eigenvalue weighted by Gasteiger charge is 2.09. The Morgan fingerprint density at radius 2 is 2.11 bits per heavy atom. The molecule has 0 radical (unpaired) electrons. The fraction of sp³-hybridized carbons (Fsp3) is 0. The van der Waals surface area contributed by atoms with E-state index in [1.807, 2.05) is 16.8 Å². The average Bonchev–Trinajstić information content (AvgIpc) is 2.82. The summed E-state index contributed by atoms with van der Waals surface area (Å²) in [5.74, 6) is 0.601. The topological polar surface area (TPSA) is 42.2 Å². The summed E-state index contributed by atoms with van der Waals surface area (Å²) in [7, 11) is 0. The van der Waals surface area contributed by atoms with E-state index in [0.29, 0.717) is 31.8 Å². The number of nitrogens with one attached hydrogen (secondary N) is 1. The second-order valence-corrected chi connectivity index (χ2v) is 5.48. The molecule has 7 heteroatoms. The quantitative estimate of drug-likeness (QED) is 0.731. The maximum absolute atomic E-state index is 6.12. The van der Waals surface area contributed by atoms with Gasteiger partial charge in [-0.2, -0.15) is 0 Å². The Hall–Kier alpha value is -1.30. The van der Waals surface area contributed by atoms with Crippen LogP contribution < -0.4 is 5.32 Å². The second-order valence-electron chi connectivity index (χ2n) is 3.82. The van der Waals surface area contributed by atoms with Crippen molar-refractivity contribution in [2.45, 2.75) is 0 Å². The average molecular weight is 358 g/mol. The van der Waals surface area contributed by atoms with Gasteiger partial charge in [0.1, 0.15) is 4.60 Å². The number of nitrogens with zero attached hydrogens (tertiary/aromatic N) is 3.